The molecule has 0 atom stereocenters. The van der Waals surface area contributed by atoms with Crippen LogP contribution < -0.4 is 10.5 Å². The van der Waals surface area contributed by atoms with Crippen molar-refractivity contribution in [2.45, 2.75) is 37.0 Å². The predicted octanol–water partition coefficient (Wildman–Crippen LogP) is 2.78. The Morgan fingerprint density at radius 1 is 1.26 bits per heavy atom. The Balaban J connectivity index is 2.05. The molecule has 2 rings (SSSR count). The van der Waals surface area contributed by atoms with E-state index < -0.39 is 10.0 Å². The number of nitrogens with one attached hydrogen (secondary N) is 1. The first-order chi connectivity index (χ1) is 8.99. The van der Waals surface area contributed by atoms with Crippen molar-refractivity contribution >= 4 is 27.3 Å². The van der Waals surface area contributed by atoms with E-state index >= 15 is 0 Å². The van der Waals surface area contributed by atoms with Gasteiger partial charge in [0.2, 0.25) is 10.0 Å². The molecule has 1 aliphatic rings. The lowest BCUT2D eigenvalue weighted by Gasteiger charge is -2.21. The molecule has 1 fully saturated rings. The maximum Gasteiger partial charge on any atom is 0.242 e. The number of halogens is 1. The molecule has 0 aliphatic heterocycles. The number of nitrogens with two attached hydrogens (primary N) is 1. The van der Waals surface area contributed by atoms with Crippen LogP contribution in [0.1, 0.15) is 32.1 Å². The average molecular weight is 303 g/mol. The zero-order valence-corrected chi connectivity index (χ0v) is 12.3. The van der Waals surface area contributed by atoms with Crippen molar-refractivity contribution in [2.24, 2.45) is 5.92 Å². The largest absolute Gasteiger partial charge is 0.399 e. The van der Waals surface area contributed by atoms with Crippen LogP contribution in [0.2, 0.25) is 5.02 Å². The molecule has 1 aliphatic carbocycles. The molecule has 19 heavy (non-hydrogen) atoms. The molecule has 0 radical (unpaired) electrons. The van der Waals surface area contributed by atoms with E-state index in [1.165, 1.54) is 31.4 Å². The van der Waals surface area contributed by atoms with Gasteiger partial charge in [-0.2, -0.15) is 0 Å². The lowest BCUT2D eigenvalue weighted by atomic mass is 9.90. The first kappa shape index (κ1) is 14.6. The highest BCUT2D eigenvalue weighted by Crippen LogP contribution is 2.25. The molecule has 0 heterocycles. The van der Waals surface area contributed by atoms with E-state index in [2.05, 4.69) is 4.72 Å². The number of nitrogen functional groups attached to an aromatic ring is 1. The predicted molar refractivity (Wildman–Crippen MR) is 77.6 cm³/mol. The molecule has 3 N–H and O–H groups in total. The lowest BCUT2D eigenvalue weighted by Crippen LogP contribution is -2.30. The number of rotatable bonds is 4. The number of hydrogen-bond donors (Lipinski definition) is 2. The summed E-state index contributed by atoms with van der Waals surface area (Å²) in [6.07, 6.45) is 5.83. The molecule has 0 aromatic heterocycles. The molecule has 1 saturated carbocycles. The van der Waals surface area contributed by atoms with Gasteiger partial charge in [0.25, 0.3) is 0 Å². The fourth-order valence-electron chi connectivity index (χ4n) is 2.43. The van der Waals surface area contributed by atoms with Crippen molar-refractivity contribution in [3.63, 3.8) is 0 Å². The summed E-state index contributed by atoms with van der Waals surface area (Å²) in [6, 6.07) is 4.44. The Morgan fingerprint density at radius 2 is 1.95 bits per heavy atom. The molecule has 0 saturated heterocycles. The second-order valence-electron chi connectivity index (χ2n) is 5.05. The van der Waals surface area contributed by atoms with E-state index in [-0.39, 0.29) is 9.92 Å². The van der Waals surface area contributed by atoms with Gasteiger partial charge in [-0.15, -0.1) is 0 Å². The summed E-state index contributed by atoms with van der Waals surface area (Å²) in [5, 5.41) is 0.163. The smallest absolute Gasteiger partial charge is 0.242 e. The number of sulfonamides is 1. The normalized spacial score (nSPS) is 17.5. The third-order valence-corrected chi connectivity index (χ3v) is 5.44. The molecule has 0 spiro atoms. The van der Waals surface area contributed by atoms with Crippen molar-refractivity contribution < 1.29 is 8.42 Å². The van der Waals surface area contributed by atoms with Crippen LogP contribution in [-0.4, -0.2) is 15.0 Å². The molecule has 106 valence electrons. The van der Waals surface area contributed by atoms with Gasteiger partial charge < -0.3 is 5.73 Å². The molecule has 1 aromatic carbocycles. The van der Waals surface area contributed by atoms with Crippen molar-refractivity contribution in [1.29, 1.82) is 0 Å². The Morgan fingerprint density at radius 3 is 2.58 bits per heavy atom. The van der Waals surface area contributed by atoms with E-state index in [0.717, 1.165) is 12.8 Å². The molecule has 1 aromatic rings. The summed E-state index contributed by atoms with van der Waals surface area (Å²) in [4.78, 5) is 0.0965. The fourth-order valence-corrected chi connectivity index (χ4v) is 4.10. The van der Waals surface area contributed by atoms with E-state index in [4.69, 9.17) is 17.3 Å². The van der Waals surface area contributed by atoms with Gasteiger partial charge in [-0.25, -0.2) is 13.1 Å². The van der Waals surface area contributed by atoms with Crippen LogP contribution in [0.5, 0.6) is 0 Å². The molecule has 0 bridgehead atoms. The summed E-state index contributed by atoms with van der Waals surface area (Å²) < 4.78 is 27.0. The summed E-state index contributed by atoms with van der Waals surface area (Å²) in [5.41, 5.74) is 6.02. The molecule has 4 nitrogen and oxygen atoms in total. The summed E-state index contributed by atoms with van der Waals surface area (Å²) in [5.74, 6) is 0.441. The van der Waals surface area contributed by atoms with Gasteiger partial charge in [-0.3, -0.25) is 0 Å². The van der Waals surface area contributed by atoms with E-state index in [0.29, 0.717) is 18.2 Å². The average Bonchev–Trinajstić information content (AvgIpc) is 2.37. The molecule has 0 unspecified atom stereocenters. The van der Waals surface area contributed by atoms with Crippen molar-refractivity contribution in [2.75, 3.05) is 12.3 Å². The summed E-state index contributed by atoms with van der Waals surface area (Å²) in [6.45, 7) is 0.489. The second-order valence-corrected chi connectivity index (χ2v) is 7.19. The zero-order chi connectivity index (χ0) is 13.9. The van der Waals surface area contributed by atoms with Gasteiger partial charge >= 0.3 is 0 Å². The van der Waals surface area contributed by atoms with Crippen molar-refractivity contribution in [1.82, 2.24) is 4.72 Å². The molecule has 6 heteroatoms. The highest BCUT2D eigenvalue weighted by molar-refractivity contribution is 7.89. The third-order valence-electron chi connectivity index (χ3n) is 3.53. The Kier molecular flexibility index (Phi) is 4.71. The minimum Gasteiger partial charge on any atom is -0.399 e. The fraction of sp³-hybridized carbons (Fsp3) is 0.538. The van der Waals surface area contributed by atoms with Crippen LogP contribution in [0.15, 0.2) is 23.1 Å². The SMILES string of the molecule is Nc1ccc(S(=O)(=O)NCC2CCCCC2)c(Cl)c1. The van der Waals surface area contributed by atoms with Crippen LogP contribution in [-0.2, 0) is 10.0 Å². The minimum atomic E-state index is -3.54. The van der Waals surface area contributed by atoms with E-state index in [1.54, 1.807) is 6.07 Å². The third kappa shape index (κ3) is 3.84. The number of benzene rings is 1. The standard InChI is InChI=1S/C13H19ClN2O2S/c14-12-8-11(15)6-7-13(12)19(17,18)16-9-10-4-2-1-3-5-10/h6-8,10,16H,1-5,9,15H2. The second kappa shape index (κ2) is 6.11. The van der Waals surface area contributed by atoms with Crippen LogP contribution in [0.3, 0.4) is 0 Å². The highest BCUT2D eigenvalue weighted by atomic mass is 35.5. The van der Waals surface area contributed by atoms with Gasteiger partial charge in [-0.1, -0.05) is 30.9 Å². The maximum absolute atomic E-state index is 12.2. The Labute approximate surface area is 119 Å². The number of hydrogen-bond acceptors (Lipinski definition) is 3. The number of anilines is 1. The van der Waals surface area contributed by atoms with Crippen molar-refractivity contribution in [3.05, 3.63) is 23.2 Å². The molecular weight excluding hydrogens is 284 g/mol. The van der Waals surface area contributed by atoms with Gasteiger partial charge in [-0.05, 0) is 37.0 Å². The van der Waals surface area contributed by atoms with Gasteiger partial charge in [0.1, 0.15) is 4.90 Å². The van der Waals surface area contributed by atoms with E-state index in [9.17, 15) is 8.42 Å². The molecular formula is C13H19ClN2O2S. The Hall–Kier alpha value is -0.780. The maximum atomic E-state index is 12.2. The lowest BCUT2D eigenvalue weighted by molar-refractivity contribution is 0.357. The monoisotopic (exact) mass is 302 g/mol. The van der Waals surface area contributed by atoms with Crippen LogP contribution in [0, 0.1) is 5.92 Å². The topological polar surface area (TPSA) is 72.2 Å². The highest BCUT2D eigenvalue weighted by Gasteiger charge is 2.20. The van der Waals surface area contributed by atoms with Gasteiger partial charge in [0, 0.05) is 12.2 Å². The quantitative estimate of drug-likeness (QED) is 0.840. The molecule has 0 amide bonds. The van der Waals surface area contributed by atoms with Crippen LogP contribution in [0.4, 0.5) is 5.69 Å². The van der Waals surface area contributed by atoms with Crippen LogP contribution in [0.25, 0.3) is 0 Å². The van der Waals surface area contributed by atoms with Crippen LogP contribution >= 0.6 is 11.6 Å². The zero-order valence-electron chi connectivity index (χ0n) is 10.7. The van der Waals surface area contributed by atoms with E-state index in [1.807, 2.05) is 0 Å². The minimum absolute atomic E-state index is 0.0965. The summed E-state index contributed by atoms with van der Waals surface area (Å²) in [7, 11) is -3.54. The van der Waals surface area contributed by atoms with Gasteiger partial charge in [0.15, 0.2) is 0 Å². The Bertz CT molecular complexity index is 540. The first-order valence-electron chi connectivity index (χ1n) is 6.54. The first-order valence-corrected chi connectivity index (χ1v) is 8.40. The van der Waals surface area contributed by atoms with Gasteiger partial charge in [0.05, 0.1) is 5.02 Å². The summed E-state index contributed by atoms with van der Waals surface area (Å²) >= 11 is 5.94. The van der Waals surface area contributed by atoms with Crippen molar-refractivity contribution in [3.8, 4) is 0 Å².